The molecule has 0 aliphatic carbocycles. The van der Waals surface area contributed by atoms with Crippen LogP contribution in [0.3, 0.4) is 0 Å². The number of hydrogen-bond donors (Lipinski definition) is 2. The van der Waals surface area contributed by atoms with Gasteiger partial charge in [0.15, 0.2) is 0 Å². The third-order valence-corrected chi connectivity index (χ3v) is 4.22. The Labute approximate surface area is 83.7 Å². The molecule has 2 N–H and O–H groups in total. The molecule has 2 saturated heterocycles. The first-order valence-corrected chi connectivity index (χ1v) is 5.19. The van der Waals surface area contributed by atoms with Crippen molar-refractivity contribution in [1.82, 2.24) is 0 Å². The predicted octanol–water partition coefficient (Wildman–Crippen LogP) is 0.0592. The maximum absolute atomic E-state index is 11.1. The van der Waals surface area contributed by atoms with Crippen molar-refractivity contribution in [2.24, 2.45) is 5.92 Å². The van der Waals surface area contributed by atoms with Crippen LogP contribution in [0.25, 0.3) is 0 Å². The number of aliphatic carboxylic acids is 1. The third kappa shape index (κ3) is 1.17. The van der Waals surface area contributed by atoms with Crippen LogP contribution in [-0.4, -0.2) is 52.9 Å². The summed E-state index contributed by atoms with van der Waals surface area (Å²) in [5, 5.41) is 18.9. The van der Waals surface area contributed by atoms with Gasteiger partial charge in [0.2, 0.25) is 0 Å². The largest absolute Gasteiger partial charge is 0.481 e. The molecule has 0 spiro atoms. The molecular formula is C10H18NO3+. The summed E-state index contributed by atoms with van der Waals surface area (Å²) in [5.41, 5.74) is 0. The molecule has 4 atom stereocenters. The molecule has 80 valence electrons. The minimum Gasteiger partial charge on any atom is -0.481 e. The fraction of sp³-hybridized carbons (Fsp3) is 0.900. The first-order valence-electron chi connectivity index (χ1n) is 5.19. The van der Waals surface area contributed by atoms with Crippen molar-refractivity contribution >= 4 is 5.97 Å². The zero-order chi connectivity index (χ0) is 10.5. The summed E-state index contributed by atoms with van der Waals surface area (Å²) in [6.45, 7) is 0. The number of carboxylic acid groups (broad SMARTS) is 1. The fourth-order valence-corrected chi connectivity index (χ4v) is 3.29. The Bertz CT molecular complexity index is 264. The predicted molar refractivity (Wildman–Crippen MR) is 50.7 cm³/mol. The quantitative estimate of drug-likeness (QED) is 0.588. The molecule has 2 bridgehead atoms. The lowest BCUT2D eigenvalue weighted by molar-refractivity contribution is -0.934. The number of aliphatic hydroxyl groups is 1. The molecule has 2 aliphatic heterocycles. The average molecular weight is 200 g/mol. The molecule has 0 aromatic carbocycles. The molecule has 4 unspecified atom stereocenters. The summed E-state index contributed by atoms with van der Waals surface area (Å²) in [5.74, 6) is -1.40. The second-order valence-corrected chi connectivity index (χ2v) is 5.09. The van der Waals surface area contributed by atoms with Crippen LogP contribution in [0, 0.1) is 5.92 Å². The highest BCUT2D eigenvalue weighted by Crippen LogP contribution is 2.42. The van der Waals surface area contributed by atoms with E-state index >= 15 is 0 Å². The Hall–Kier alpha value is -0.610. The molecule has 0 amide bonds. The van der Waals surface area contributed by atoms with Gasteiger partial charge in [-0.1, -0.05) is 0 Å². The minimum absolute atomic E-state index is 0.0984. The van der Waals surface area contributed by atoms with E-state index in [1.165, 1.54) is 0 Å². The zero-order valence-electron chi connectivity index (χ0n) is 8.68. The molecule has 14 heavy (non-hydrogen) atoms. The van der Waals surface area contributed by atoms with E-state index < -0.39 is 18.0 Å². The van der Waals surface area contributed by atoms with Crippen molar-refractivity contribution in [3.8, 4) is 0 Å². The molecule has 2 aliphatic rings. The highest BCUT2D eigenvalue weighted by atomic mass is 16.4. The van der Waals surface area contributed by atoms with Crippen LogP contribution >= 0.6 is 0 Å². The van der Waals surface area contributed by atoms with E-state index in [0.717, 1.165) is 17.3 Å². The number of quaternary nitrogens is 1. The summed E-state index contributed by atoms with van der Waals surface area (Å²) in [6, 6.07) is 0.548. The van der Waals surface area contributed by atoms with Crippen LogP contribution in [0.5, 0.6) is 0 Å². The van der Waals surface area contributed by atoms with Crippen molar-refractivity contribution in [2.75, 3.05) is 14.1 Å². The summed E-state index contributed by atoms with van der Waals surface area (Å²) in [7, 11) is 4.17. The average Bonchev–Trinajstić information content (AvgIpc) is 2.30. The van der Waals surface area contributed by atoms with E-state index in [1.807, 2.05) is 0 Å². The SMILES string of the molecule is C[N+]1(C)C2CCC1C(C(=O)O)C(O)C2. The number of fused-ring (bicyclic) bond motifs is 2. The van der Waals surface area contributed by atoms with E-state index in [2.05, 4.69) is 14.1 Å². The van der Waals surface area contributed by atoms with E-state index in [9.17, 15) is 9.90 Å². The number of rotatable bonds is 1. The summed E-state index contributed by atoms with van der Waals surface area (Å²) < 4.78 is 0.772. The highest BCUT2D eigenvalue weighted by Gasteiger charge is 2.56. The second kappa shape index (κ2) is 2.94. The van der Waals surface area contributed by atoms with Gasteiger partial charge in [-0.2, -0.15) is 0 Å². The van der Waals surface area contributed by atoms with Crippen molar-refractivity contribution in [3.63, 3.8) is 0 Å². The highest BCUT2D eigenvalue weighted by molar-refractivity contribution is 5.71. The van der Waals surface area contributed by atoms with Gasteiger partial charge >= 0.3 is 5.97 Å². The molecule has 4 heteroatoms. The monoisotopic (exact) mass is 200 g/mol. The second-order valence-electron chi connectivity index (χ2n) is 5.09. The Morgan fingerprint density at radius 2 is 2.00 bits per heavy atom. The Morgan fingerprint density at radius 1 is 1.36 bits per heavy atom. The third-order valence-electron chi connectivity index (χ3n) is 4.22. The van der Waals surface area contributed by atoms with Crippen LogP contribution in [-0.2, 0) is 4.79 Å². The molecule has 0 aromatic rings. The Kier molecular flexibility index (Phi) is 2.08. The first kappa shape index (κ1) is 9.93. The standard InChI is InChI=1S/C10H17NO3/c1-11(2)6-3-4-7(11)9(10(13)14)8(12)5-6/h6-9,12H,3-5H2,1-2H3/p+1. The first-order chi connectivity index (χ1) is 6.44. The fourth-order valence-electron chi connectivity index (χ4n) is 3.29. The maximum atomic E-state index is 11.1. The van der Waals surface area contributed by atoms with Crippen molar-refractivity contribution < 1.29 is 19.5 Å². The van der Waals surface area contributed by atoms with Gasteiger partial charge in [0.05, 0.1) is 26.2 Å². The normalized spacial score (nSPS) is 45.1. The maximum Gasteiger partial charge on any atom is 0.315 e. The molecule has 2 fully saturated rings. The van der Waals surface area contributed by atoms with Gasteiger partial charge in [-0.05, 0) is 0 Å². The summed E-state index contributed by atoms with van der Waals surface area (Å²) >= 11 is 0. The number of hydrogen-bond acceptors (Lipinski definition) is 2. The number of piperidine rings is 1. The topological polar surface area (TPSA) is 57.5 Å². The van der Waals surface area contributed by atoms with Gasteiger partial charge in [0.1, 0.15) is 12.0 Å². The number of carbonyl (C=O) groups is 1. The van der Waals surface area contributed by atoms with Crippen molar-refractivity contribution in [2.45, 2.75) is 37.5 Å². The Morgan fingerprint density at radius 3 is 2.57 bits per heavy atom. The molecule has 2 rings (SSSR count). The number of carboxylic acids is 1. The van der Waals surface area contributed by atoms with Crippen LogP contribution in [0.1, 0.15) is 19.3 Å². The van der Waals surface area contributed by atoms with Gasteiger partial charge in [0, 0.05) is 19.3 Å². The van der Waals surface area contributed by atoms with Gasteiger partial charge in [-0.15, -0.1) is 0 Å². The van der Waals surface area contributed by atoms with Gasteiger partial charge in [-0.3, -0.25) is 4.79 Å². The molecule has 0 radical (unpaired) electrons. The van der Waals surface area contributed by atoms with Gasteiger partial charge < -0.3 is 14.7 Å². The smallest absolute Gasteiger partial charge is 0.315 e. The van der Waals surface area contributed by atoms with E-state index in [0.29, 0.717) is 12.5 Å². The lowest BCUT2D eigenvalue weighted by Gasteiger charge is -2.45. The zero-order valence-corrected chi connectivity index (χ0v) is 8.68. The Balaban J connectivity index is 2.30. The van der Waals surface area contributed by atoms with Crippen molar-refractivity contribution in [3.05, 3.63) is 0 Å². The van der Waals surface area contributed by atoms with Gasteiger partial charge in [0.25, 0.3) is 0 Å². The van der Waals surface area contributed by atoms with Crippen LogP contribution in [0.4, 0.5) is 0 Å². The molecule has 4 nitrogen and oxygen atoms in total. The van der Waals surface area contributed by atoms with Gasteiger partial charge in [-0.25, -0.2) is 0 Å². The molecule has 2 heterocycles. The molecular weight excluding hydrogens is 182 g/mol. The van der Waals surface area contributed by atoms with Crippen LogP contribution in [0.2, 0.25) is 0 Å². The molecule has 0 saturated carbocycles. The lowest BCUT2D eigenvalue weighted by Crippen LogP contribution is -2.61. The number of nitrogens with zero attached hydrogens (tertiary/aromatic N) is 1. The van der Waals surface area contributed by atoms with E-state index in [1.54, 1.807) is 0 Å². The lowest BCUT2D eigenvalue weighted by atomic mass is 9.86. The summed E-state index contributed by atoms with van der Waals surface area (Å²) in [6.07, 6.45) is 1.99. The summed E-state index contributed by atoms with van der Waals surface area (Å²) in [4.78, 5) is 11.1. The van der Waals surface area contributed by atoms with E-state index in [4.69, 9.17) is 5.11 Å². The van der Waals surface area contributed by atoms with Crippen LogP contribution in [0.15, 0.2) is 0 Å². The number of aliphatic hydroxyl groups excluding tert-OH is 1. The minimum atomic E-state index is -0.839. The molecule has 0 aromatic heterocycles. The van der Waals surface area contributed by atoms with Crippen LogP contribution < -0.4 is 0 Å². The van der Waals surface area contributed by atoms with Crippen molar-refractivity contribution in [1.29, 1.82) is 0 Å². The van der Waals surface area contributed by atoms with E-state index in [-0.39, 0.29) is 6.04 Å².